The molecule has 0 radical (unpaired) electrons. The maximum Gasteiger partial charge on any atom is 0.0593 e. The molecule has 3 heteroatoms. The van der Waals surface area contributed by atoms with Gasteiger partial charge >= 0.3 is 0 Å². The van der Waals surface area contributed by atoms with E-state index in [1.165, 1.54) is 0 Å². The van der Waals surface area contributed by atoms with Crippen molar-refractivity contribution in [2.75, 3.05) is 39.2 Å². The molecule has 0 saturated carbocycles. The van der Waals surface area contributed by atoms with Gasteiger partial charge in [-0.1, -0.05) is 6.92 Å². The monoisotopic (exact) mass is 193 g/mol. The van der Waals surface area contributed by atoms with E-state index in [0.717, 1.165) is 32.2 Å². The van der Waals surface area contributed by atoms with Gasteiger partial charge in [-0.25, -0.2) is 0 Å². The SMILES string of the molecule is CCOCCN(C)CC(C)CCl. The first-order valence-corrected chi connectivity index (χ1v) is 5.06. The molecule has 0 saturated heterocycles. The van der Waals surface area contributed by atoms with Crippen molar-refractivity contribution >= 4 is 11.6 Å². The van der Waals surface area contributed by atoms with Gasteiger partial charge in [-0.15, -0.1) is 11.6 Å². The van der Waals surface area contributed by atoms with Crippen LogP contribution in [0.4, 0.5) is 0 Å². The molecule has 0 rings (SSSR count). The van der Waals surface area contributed by atoms with Crippen molar-refractivity contribution in [1.29, 1.82) is 0 Å². The smallest absolute Gasteiger partial charge is 0.0593 e. The minimum atomic E-state index is 0.568. The predicted molar refractivity (Wildman–Crippen MR) is 53.9 cm³/mol. The Balaban J connectivity index is 3.26. The molecule has 12 heavy (non-hydrogen) atoms. The van der Waals surface area contributed by atoms with Gasteiger partial charge in [0.2, 0.25) is 0 Å². The summed E-state index contributed by atoms with van der Waals surface area (Å²) in [5, 5.41) is 0. The summed E-state index contributed by atoms with van der Waals surface area (Å²) >= 11 is 5.70. The van der Waals surface area contributed by atoms with Gasteiger partial charge < -0.3 is 9.64 Å². The van der Waals surface area contributed by atoms with Crippen LogP contribution in [0, 0.1) is 5.92 Å². The van der Waals surface area contributed by atoms with Gasteiger partial charge in [0, 0.05) is 25.6 Å². The number of alkyl halides is 1. The van der Waals surface area contributed by atoms with Gasteiger partial charge in [-0.2, -0.15) is 0 Å². The molecule has 1 atom stereocenters. The molecule has 1 unspecified atom stereocenters. The van der Waals surface area contributed by atoms with Crippen molar-refractivity contribution in [2.24, 2.45) is 5.92 Å². The molecule has 0 amide bonds. The van der Waals surface area contributed by atoms with Gasteiger partial charge in [-0.05, 0) is 19.9 Å². The maximum atomic E-state index is 5.70. The van der Waals surface area contributed by atoms with Gasteiger partial charge in [0.05, 0.1) is 6.61 Å². The van der Waals surface area contributed by atoms with Crippen LogP contribution in [0.1, 0.15) is 13.8 Å². The molecule has 0 aliphatic heterocycles. The summed E-state index contributed by atoms with van der Waals surface area (Å²) in [6, 6.07) is 0. The molecule has 0 aromatic carbocycles. The van der Waals surface area contributed by atoms with E-state index in [1.807, 2.05) is 6.92 Å². The van der Waals surface area contributed by atoms with E-state index in [9.17, 15) is 0 Å². The highest BCUT2D eigenvalue weighted by atomic mass is 35.5. The lowest BCUT2D eigenvalue weighted by Gasteiger charge is -2.19. The Morgan fingerprint density at radius 2 is 2.17 bits per heavy atom. The lowest BCUT2D eigenvalue weighted by atomic mass is 10.2. The van der Waals surface area contributed by atoms with Gasteiger partial charge in [0.1, 0.15) is 0 Å². The second-order valence-electron chi connectivity index (χ2n) is 3.22. The summed E-state index contributed by atoms with van der Waals surface area (Å²) in [4.78, 5) is 2.25. The Morgan fingerprint density at radius 1 is 1.50 bits per heavy atom. The van der Waals surface area contributed by atoms with Gasteiger partial charge in [0.25, 0.3) is 0 Å². The molecule has 0 aliphatic rings. The van der Waals surface area contributed by atoms with Crippen molar-refractivity contribution < 1.29 is 4.74 Å². The summed E-state index contributed by atoms with van der Waals surface area (Å²) in [6.07, 6.45) is 0. The zero-order chi connectivity index (χ0) is 9.40. The van der Waals surface area contributed by atoms with E-state index in [0.29, 0.717) is 5.92 Å². The highest BCUT2D eigenvalue weighted by Crippen LogP contribution is 1.99. The third kappa shape index (κ3) is 6.89. The number of nitrogens with zero attached hydrogens (tertiary/aromatic N) is 1. The number of likely N-dealkylation sites (N-methyl/N-ethyl adjacent to an activating group) is 1. The predicted octanol–water partition coefficient (Wildman–Crippen LogP) is 1.83. The standard InChI is InChI=1S/C9H20ClNO/c1-4-12-6-5-11(3)8-9(2)7-10/h9H,4-8H2,1-3H3. The molecule has 0 aromatic heterocycles. The van der Waals surface area contributed by atoms with E-state index in [4.69, 9.17) is 16.3 Å². The molecule has 0 bridgehead atoms. The molecular formula is C9H20ClNO. The normalized spacial score (nSPS) is 13.8. The van der Waals surface area contributed by atoms with E-state index in [2.05, 4.69) is 18.9 Å². The zero-order valence-corrected chi connectivity index (χ0v) is 9.10. The van der Waals surface area contributed by atoms with E-state index >= 15 is 0 Å². The molecule has 0 spiro atoms. The minimum absolute atomic E-state index is 0.568. The van der Waals surface area contributed by atoms with Crippen LogP contribution in [0.5, 0.6) is 0 Å². The first-order chi connectivity index (χ1) is 5.70. The number of hydrogen-bond donors (Lipinski definition) is 0. The molecule has 0 aliphatic carbocycles. The van der Waals surface area contributed by atoms with Crippen LogP contribution in [0.3, 0.4) is 0 Å². The molecule has 0 aromatic rings. The fraction of sp³-hybridized carbons (Fsp3) is 1.00. The van der Waals surface area contributed by atoms with Crippen LogP contribution >= 0.6 is 11.6 Å². The second-order valence-corrected chi connectivity index (χ2v) is 3.53. The summed E-state index contributed by atoms with van der Waals surface area (Å²) in [6.45, 7) is 7.85. The quantitative estimate of drug-likeness (QED) is 0.452. The molecule has 0 heterocycles. The third-order valence-corrected chi connectivity index (χ3v) is 2.24. The fourth-order valence-electron chi connectivity index (χ4n) is 1.04. The van der Waals surface area contributed by atoms with Crippen LogP contribution in [0.15, 0.2) is 0 Å². The van der Waals surface area contributed by atoms with Crippen molar-refractivity contribution in [3.05, 3.63) is 0 Å². The molecule has 0 fully saturated rings. The van der Waals surface area contributed by atoms with Crippen LogP contribution in [-0.2, 0) is 4.74 Å². The van der Waals surface area contributed by atoms with Crippen molar-refractivity contribution in [2.45, 2.75) is 13.8 Å². The maximum absolute atomic E-state index is 5.70. The highest BCUT2D eigenvalue weighted by molar-refractivity contribution is 6.18. The van der Waals surface area contributed by atoms with Crippen molar-refractivity contribution in [3.63, 3.8) is 0 Å². The van der Waals surface area contributed by atoms with Crippen LogP contribution in [-0.4, -0.2) is 44.1 Å². The Bertz CT molecular complexity index is 101. The van der Waals surface area contributed by atoms with E-state index in [1.54, 1.807) is 0 Å². The van der Waals surface area contributed by atoms with Crippen LogP contribution in [0.2, 0.25) is 0 Å². The Morgan fingerprint density at radius 3 is 2.67 bits per heavy atom. The second kappa shape index (κ2) is 7.84. The summed E-state index contributed by atoms with van der Waals surface area (Å²) in [5.74, 6) is 1.30. The lowest BCUT2D eigenvalue weighted by Crippen LogP contribution is -2.28. The van der Waals surface area contributed by atoms with Crippen LogP contribution < -0.4 is 0 Å². The third-order valence-electron chi connectivity index (χ3n) is 1.71. The number of halogens is 1. The Hall–Kier alpha value is 0.210. The van der Waals surface area contributed by atoms with Gasteiger partial charge in [0.15, 0.2) is 0 Å². The fourth-order valence-corrected chi connectivity index (χ4v) is 1.13. The summed E-state index contributed by atoms with van der Waals surface area (Å²) < 4.78 is 5.24. The largest absolute Gasteiger partial charge is 0.380 e. The highest BCUT2D eigenvalue weighted by Gasteiger charge is 2.03. The molecule has 74 valence electrons. The average Bonchev–Trinajstić information content (AvgIpc) is 2.05. The van der Waals surface area contributed by atoms with E-state index in [-0.39, 0.29) is 0 Å². The molecule has 2 nitrogen and oxygen atoms in total. The van der Waals surface area contributed by atoms with E-state index < -0.39 is 0 Å². The number of hydrogen-bond acceptors (Lipinski definition) is 2. The number of rotatable bonds is 7. The first kappa shape index (κ1) is 12.2. The van der Waals surface area contributed by atoms with Crippen LogP contribution in [0.25, 0.3) is 0 Å². The summed E-state index contributed by atoms with van der Waals surface area (Å²) in [5.41, 5.74) is 0. The number of ether oxygens (including phenoxy) is 1. The van der Waals surface area contributed by atoms with Crippen molar-refractivity contribution in [3.8, 4) is 0 Å². The average molecular weight is 194 g/mol. The molecular weight excluding hydrogens is 174 g/mol. The first-order valence-electron chi connectivity index (χ1n) is 4.53. The molecule has 0 N–H and O–H groups in total. The minimum Gasteiger partial charge on any atom is -0.380 e. The summed E-state index contributed by atoms with van der Waals surface area (Å²) in [7, 11) is 2.10. The lowest BCUT2D eigenvalue weighted by molar-refractivity contribution is 0.119. The Kier molecular flexibility index (Phi) is 7.98. The van der Waals surface area contributed by atoms with Gasteiger partial charge in [-0.3, -0.25) is 0 Å². The zero-order valence-electron chi connectivity index (χ0n) is 8.35. The van der Waals surface area contributed by atoms with Crippen molar-refractivity contribution in [1.82, 2.24) is 4.90 Å². The topological polar surface area (TPSA) is 12.5 Å². The Labute approximate surface area is 80.8 Å².